The first kappa shape index (κ1) is 16.4. The summed E-state index contributed by atoms with van der Waals surface area (Å²) in [7, 11) is 0. The Labute approximate surface area is 141 Å². The molecule has 0 saturated heterocycles. The fraction of sp³-hybridized carbons (Fsp3) is 0.421. The molecule has 0 radical (unpaired) electrons. The molecule has 1 heterocycles. The number of hydrogen-bond acceptors (Lipinski definition) is 3. The lowest BCUT2D eigenvalue weighted by Gasteiger charge is -2.25. The van der Waals surface area contributed by atoms with Crippen molar-refractivity contribution in [2.24, 2.45) is 0 Å². The lowest BCUT2D eigenvalue weighted by molar-refractivity contribution is -0.121. The smallest absolute Gasteiger partial charge is 0.345 e. The van der Waals surface area contributed by atoms with Gasteiger partial charge in [-0.25, -0.2) is 4.79 Å². The molecule has 1 atom stereocenters. The molecule has 1 amide bonds. The zero-order valence-corrected chi connectivity index (χ0v) is 14.2. The van der Waals surface area contributed by atoms with Crippen LogP contribution in [-0.2, 0) is 24.1 Å². The minimum Gasteiger partial charge on any atom is -0.353 e. The molecule has 2 N–H and O–H groups in total. The number of benzene rings is 1. The minimum absolute atomic E-state index is 0.0596. The summed E-state index contributed by atoms with van der Waals surface area (Å²) >= 11 is 0. The van der Waals surface area contributed by atoms with E-state index in [0.717, 1.165) is 30.5 Å². The van der Waals surface area contributed by atoms with Crippen LogP contribution in [0.4, 0.5) is 0 Å². The second kappa shape index (κ2) is 6.99. The van der Waals surface area contributed by atoms with E-state index in [1.807, 2.05) is 13.8 Å². The molecule has 0 fully saturated rings. The molecule has 1 aliphatic carbocycles. The van der Waals surface area contributed by atoms with Gasteiger partial charge < -0.3 is 10.3 Å². The Morgan fingerprint density at radius 3 is 2.79 bits per heavy atom. The van der Waals surface area contributed by atoms with Crippen LogP contribution >= 0.6 is 0 Å². The predicted octanol–water partition coefficient (Wildman–Crippen LogP) is 1.99. The van der Waals surface area contributed by atoms with Crippen molar-refractivity contribution in [2.45, 2.75) is 52.0 Å². The lowest BCUT2D eigenvalue weighted by Crippen LogP contribution is -2.39. The molecule has 2 aromatic rings. The van der Waals surface area contributed by atoms with E-state index in [4.69, 9.17) is 0 Å². The van der Waals surface area contributed by atoms with E-state index >= 15 is 0 Å². The third-order valence-corrected chi connectivity index (χ3v) is 4.77. The van der Waals surface area contributed by atoms with E-state index in [9.17, 15) is 9.59 Å². The van der Waals surface area contributed by atoms with Crippen molar-refractivity contribution in [3.8, 4) is 0 Å². The van der Waals surface area contributed by atoms with E-state index in [0.29, 0.717) is 18.5 Å². The van der Waals surface area contributed by atoms with Gasteiger partial charge in [0, 0.05) is 23.9 Å². The highest BCUT2D eigenvalue weighted by atomic mass is 16.1. The standard InChI is InChI=1S/C19H23N3O2/c1-12-17(13(2)21-19(24)20-12)9-10-18(23)22-16-8-7-14-5-3-4-6-15(14)11-16/h3-6,16H,7-11H2,1-2H3,(H,22,23)(H,20,21,24)/t16-/m0/s1. The Bertz CT molecular complexity index is 784. The Balaban J connectivity index is 1.57. The SMILES string of the molecule is Cc1nc(=O)[nH]c(C)c1CCC(=O)N[C@H]1CCc2ccccc2C1. The Hall–Kier alpha value is -2.43. The molecule has 1 aliphatic rings. The number of carbonyl (C=O) groups is 1. The zero-order valence-electron chi connectivity index (χ0n) is 14.2. The Kier molecular flexibility index (Phi) is 4.79. The number of aromatic nitrogens is 2. The Morgan fingerprint density at radius 1 is 1.29 bits per heavy atom. The highest BCUT2D eigenvalue weighted by molar-refractivity contribution is 5.76. The van der Waals surface area contributed by atoms with Gasteiger partial charge in [0.1, 0.15) is 0 Å². The van der Waals surface area contributed by atoms with E-state index in [1.165, 1.54) is 11.1 Å². The van der Waals surface area contributed by atoms with Crippen LogP contribution in [0.15, 0.2) is 29.1 Å². The fourth-order valence-corrected chi connectivity index (χ4v) is 3.48. The van der Waals surface area contributed by atoms with Crippen LogP contribution in [0.25, 0.3) is 0 Å². The number of aryl methyl sites for hydroxylation is 3. The molecule has 0 bridgehead atoms. The van der Waals surface area contributed by atoms with Crippen molar-refractivity contribution in [3.05, 3.63) is 62.8 Å². The first-order chi connectivity index (χ1) is 11.5. The summed E-state index contributed by atoms with van der Waals surface area (Å²) in [6.45, 7) is 3.66. The summed E-state index contributed by atoms with van der Waals surface area (Å²) in [5.74, 6) is 0.0596. The maximum absolute atomic E-state index is 12.3. The highest BCUT2D eigenvalue weighted by Gasteiger charge is 2.20. The summed E-state index contributed by atoms with van der Waals surface area (Å²) < 4.78 is 0. The number of H-pyrrole nitrogens is 1. The maximum atomic E-state index is 12.3. The van der Waals surface area contributed by atoms with Crippen LogP contribution in [0.3, 0.4) is 0 Å². The first-order valence-corrected chi connectivity index (χ1v) is 8.45. The van der Waals surface area contributed by atoms with Crippen molar-refractivity contribution >= 4 is 5.91 Å². The van der Waals surface area contributed by atoms with Crippen molar-refractivity contribution < 1.29 is 4.79 Å². The summed E-state index contributed by atoms with van der Waals surface area (Å²) in [4.78, 5) is 30.2. The van der Waals surface area contributed by atoms with Crippen LogP contribution in [0.1, 0.15) is 40.9 Å². The van der Waals surface area contributed by atoms with Crippen LogP contribution in [0, 0.1) is 13.8 Å². The van der Waals surface area contributed by atoms with Gasteiger partial charge in [-0.15, -0.1) is 0 Å². The van der Waals surface area contributed by atoms with Crippen LogP contribution in [-0.4, -0.2) is 21.9 Å². The van der Waals surface area contributed by atoms with Crippen molar-refractivity contribution in [3.63, 3.8) is 0 Å². The second-order valence-electron chi connectivity index (χ2n) is 6.51. The predicted molar refractivity (Wildman–Crippen MR) is 93.1 cm³/mol. The fourth-order valence-electron chi connectivity index (χ4n) is 3.48. The number of aromatic amines is 1. The van der Waals surface area contributed by atoms with Gasteiger partial charge in [-0.2, -0.15) is 4.98 Å². The van der Waals surface area contributed by atoms with Crippen molar-refractivity contribution in [2.75, 3.05) is 0 Å². The Morgan fingerprint density at radius 2 is 2.04 bits per heavy atom. The molecule has 0 saturated carbocycles. The van der Waals surface area contributed by atoms with Crippen LogP contribution < -0.4 is 11.0 Å². The average molecular weight is 325 g/mol. The average Bonchev–Trinajstić information content (AvgIpc) is 2.53. The molecule has 0 aliphatic heterocycles. The summed E-state index contributed by atoms with van der Waals surface area (Å²) in [6, 6.07) is 8.65. The van der Waals surface area contributed by atoms with E-state index in [1.54, 1.807) is 0 Å². The molecule has 1 aromatic carbocycles. The zero-order chi connectivity index (χ0) is 17.1. The number of rotatable bonds is 4. The number of nitrogens with zero attached hydrogens (tertiary/aromatic N) is 1. The monoisotopic (exact) mass is 325 g/mol. The van der Waals surface area contributed by atoms with Gasteiger partial charge in [0.15, 0.2) is 0 Å². The number of hydrogen-bond donors (Lipinski definition) is 2. The quantitative estimate of drug-likeness (QED) is 0.903. The molecule has 5 nitrogen and oxygen atoms in total. The van der Waals surface area contributed by atoms with Crippen LogP contribution in [0.2, 0.25) is 0 Å². The number of carbonyl (C=O) groups excluding carboxylic acids is 1. The highest BCUT2D eigenvalue weighted by Crippen LogP contribution is 2.21. The maximum Gasteiger partial charge on any atom is 0.345 e. The van der Waals surface area contributed by atoms with Gasteiger partial charge in [0.25, 0.3) is 0 Å². The minimum atomic E-state index is -0.334. The second-order valence-corrected chi connectivity index (χ2v) is 6.51. The first-order valence-electron chi connectivity index (χ1n) is 8.45. The van der Waals surface area contributed by atoms with Crippen molar-refractivity contribution in [1.82, 2.24) is 15.3 Å². The van der Waals surface area contributed by atoms with E-state index in [-0.39, 0.29) is 17.6 Å². The van der Waals surface area contributed by atoms with Gasteiger partial charge >= 0.3 is 5.69 Å². The molecule has 5 heteroatoms. The molecule has 0 spiro atoms. The van der Waals surface area contributed by atoms with Gasteiger partial charge in [-0.1, -0.05) is 24.3 Å². The third-order valence-electron chi connectivity index (χ3n) is 4.77. The molecule has 3 rings (SSSR count). The molecule has 24 heavy (non-hydrogen) atoms. The molecule has 126 valence electrons. The normalized spacial score (nSPS) is 16.5. The van der Waals surface area contributed by atoms with E-state index in [2.05, 4.69) is 39.6 Å². The third kappa shape index (κ3) is 3.72. The lowest BCUT2D eigenvalue weighted by atomic mass is 9.88. The molecular formula is C19H23N3O2. The molecule has 1 aromatic heterocycles. The number of amides is 1. The summed E-state index contributed by atoms with van der Waals surface area (Å²) in [5, 5.41) is 3.15. The topological polar surface area (TPSA) is 74.8 Å². The van der Waals surface area contributed by atoms with Gasteiger partial charge in [0.05, 0.1) is 0 Å². The van der Waals surface area contributed by atoms with Gasteiger partial charge in [0.2, 0.25) is 5.91 Å². The molecular weight excluding hydrogens is 302 g/mol. The van der Waals surface area contributed by atoms with Crippen molar-refractivity contribution in [1.29, 1.82) is 0 Å². The summed E-state index contributed by atoms with van der Waals surface area (Å²) in [5.41, 5.74) is 4.86. The number of nitrogens with one attached hydrogen (secondary N) is 2. The number of fused-ring (bicyclic) bond motifs is 1. The summed E-state index contributed by atoms with van der Waals surface area (Å²) in [6.07, 6.45) is 3.91. The van der Waals surface area contributed by atoms with E-state index < -0.39 is 0 Å². The molecule has 0 unspecified atom stereocenters. The van der Waals surface area contributed by atoms with Gasteiger partial charge in [-0.3, -0.25) is 4.79 Å². The van der Waals surface area contributed by atoms with Crippen LogP contribution in [0.5, 0.6) is 0 Å². The van der Waals surface area contributed by atoms with Gasteiger partial charge in [-0.05, 0) is 56.2 Å². The largest absolute Gasteiger partial charge is 0.353 e.